The number of nitrogens with one attached hydrogen (secondary N) is 2. The highest BCUT2D eigenvalue weighted by Gasteiger charge is 2.16. The van der Waals surface area contributed by atoms with E-state index in [-0.39, 0.29) is 5.02 Å². The smallest absolute Gasteiger partial charge is 0.222 e. The highest BCUT2D eigenvalue weighted by atomic mass is 35.5. The van der Waals surface area contributed by atoms with E-state index in [9.17, 15) is 0 Å². The fourth-order valence-corrected chi connectivity index (χ4v) is 2.96. The van der Waals surface area contributed by atoms with Crippen LogP contribution in [0.15, 0.2) is 35.4 Å². The Morgan fingerprint density at radius 1 is 1.17 bits per heavy atom. The summed E-state index contributed by atoms with van der Waals surface area (Å²) in [7, 11) is 3.00. The van der Waals surface area contributed by atoms with Crippen molar-refractivity contribution in [3.63, 3.8) is 0 Å². The normalized spacial score (nSPS) is 11.2. The molecule has 0 radical (unpaired) electrons. The molecule has 0 aliphatic carbocycles. The number of hydrazone groups is 1. The maximum atomic E-state index is 6.23. The number of para-hydroxylation sites is 2. The number of imidazole rings is 1. The first-order valence-electron chi connectivity index (χ1n) is 6.98. The summed E-state index contributed by atoms with van der Waals surface area (Å²) < 4.78 is 10.5. The third-order valence-corrected chi connectivity index (χ3v) is 3.96. The first kappa shape index (κ1) is 16.4. The van der Waals surface area contributed by atoms with Crippen LogP contribution in [0.4, 0.5) is 5.95 Å². The van der Waals surface area contributed by atoms with E-state index >= 15 is 0 Å². The summed E-state index contributed by atoms with van der Waals surface area (Å²) in [6.45, 7) is 0. The zero-order valence-electron chi connectivity index (χ0n) is 12.9. The Hall–Kier alpha value is -2.44. The largest absolute Gasteiger partial charge is 0.494 e. The topological polar surface area (TPSA) is 71.5 Å². The zero-order chi connectivity index (χ0) is 17.1. The number of H-pyrrole nitrogens is 1. The standard InChI is InChI=1S/C16H14Cl2N4O2/c1-23-14-9(7-10(17)15(24-2)13(14)18)8-19-22-16-20-11-5-3-4-6-12(11)21-16/h3-8H,1-2H3,(H2,20,21,22)/b19-8-. The van der Waals surface area contributed by atoms with Gasteiger partial charge in [-0.1, -0.05) is 35.3 Å². The summed E-state index contributed by atoms with van der Waals surface area (Å²) in [4.78, 5) is 7.48. The number of nitrogens with zero attached hydrogens (tertiary/aromatic N) is 2. The average molecular weight is 365 g/mol. The van der Waals surface area contributed by atoms with E-state index in [4.69, 9.17) is 32.7 Å². The van der Waals surface area contributed by atoms with Crippen molar-refractivity contribution in [2.75, 3.05) is 19.6 Å². The molecule has 0 fully saturated rings. The fourth-order valence-electron chi connectivity index (χ4n) is 2.26. The third kappa shape index (κ3) is 3.11. The summed E-state index contributed by atoms with van der Waals surface area (Å²) in [5, 5.41) is 4.81. The quantitative estimate of drug-likeness (QED) is 0.521. The number of anilines is 1. The minimum absolute atomic E-state index is 0.290. The van der Waals surface area contributed by atoms with Gasteiger partial charge in [-0.25, -0.2) is 10.4 Å². The number of aromatic nitrogens is 2. The van der Waals surface area contributed by atoms with Crippen molar-refractivity contribution in [2.45, 2.75) is 0 Å². The molecule has 124 valence electrons. The lowest BCUT2D eigenvalue weighted by Gasteiger charge is -2.12. The molecule has 0 unspecified atom stereocenters. The van der Waals surface area contributed by atoms with Crippen molar-refractivity contribution in [2.24, 2.45) is 5.10 Å². The van der Waals surface area contributed by atoms with E-state index in [1.54, 1.807) is 12.3 Å². The summed E-state index contributed by atoms with van der Waals surface area (Å²) in [5.74, 6) is 1.31. The Morgan fingerprint density at radius 3 is 2.62 bits per heavy atom. The third-order valence-electron chi connectivity index (χ3n) is 3.33. The number of halogens is 2. The summed E-state index contributed by atoms with van der Waals surface area (Å²) in [6.07, 6.45) is 1.54. The lowest BCUT2D eigenvalue weighted by molar-refractivity contribution is 0.394. The number of hydrogen-bond donors (Lipinski definition) is 2. The minimum atomic E-state index is 0.290. The van der Waals surface area contributed by atoms with E-state index in [0.29, 0.717) is 28.0 Å². The van der Waals surface area contributed by atoms with Gasteiger partial charge in [0.25, 0.3) is 0 Å². The Morgan fingerprint density at radius 2 is 1.92 bits per heavy atom. The molecule has 0 aliphatic heterocycles. The lowest BCUT2D eigenvalue weighted by Crippen LogP contribution is -1.98. The summed E-state index contributed by atoms with van der Waals surface area (Å²) in [5.41, 5.74) is 5.21. The molecular weight excluding hydrogens is 351 g/mol. The Balaban J connectivity index is 1.86. The fraction of sp³-hybridized carbons (Fsp3) is 0.125. The van der Waals surface area contributed by atoms with Crippen molar-refractivity contribution in [3.05, 3.63) is 45.9 Å². The molecular formula is C16H14Cl2N4O2. The van der Waals surface area contributed by atoms with Crippen molar-refractivity contribution in [1.82, 2.24) is 9.97 Å². The Kier molecular flexibility index (Phi) is 4.78. The van der Waals surface area contributed by atoms with Crippen LogP contribution in [0.5, 0.6) is 11.5 Å². The van der Waals surface area contributed by atoms with Gasteiger partial charge in [-0.3, -0.25) is 0 Å². The maximum absolute atomic E-state index is 6.23. The van der Waals surface area contributed by atoms with Gasteiger partial charge < -0.3 is 14.5 Å². The van der Waals surface area contributed by atoms with Gasteiger partial charge in [0.15, 0.2) is 5.75 Å². The molecule has 0 spiro atoms. The number of benzene rings is 2. The van der Waals surface area contributed by atoms with Gasteiger partial charge in [0.05, 0.1) is 36.5 Å². The van der Waals surface area contributed by atoms with Gasteiger partial charge >= 0.3 is 0 Å². The van der Waals surface area contributed by atoms with Crippen LogP contribution in [0, 0.1) is 0 Å². The van der Waals surface area contributed by atoms with Gasteiger partial charge in [0.2, 0.25) is 5.95 Å². The molecule has 1 aromatic heterocycles. The van der Waals surface area contributed by atoms with E-state index in [0.717, 1.165) is 11.0 Å². The van der Waals surface area contributed by atoms with Crippen molar-refractivity contribution < 1.29 is 9.47 Å². The van der Waals surface area contributed by atoms with Crippen LogP contribution in [-0.4, -0.2) is 30.4 Å². The van der Waals surface area contributed by atoms with Gasteiger partial charge in [0.1, 0.15) is 10.8 Å². The van der Waals surface area contributed by atoms with E-state index in [1.807, 2.05) is 24.3 Å². The molecule has 0 atom stereocenters. The molecule has 1 heterocycles. The molecule has 2 aromatic carbocycles. The number of rotatable bonds is 5. The van der Waals surface area contributed by atoms with E-state index < -0.39 is 0 Å². The van der Waals surface area contributed by atoms with Crippen molar-refractivity contribution in [1.29, 1.82) is 0 Å². The number of hydrogen-bond acceptors (Lipinski definition) is 5. The second-order valence-corrected chi connectivity index (χ2v) is 5.59. The van der Waals surface area contributed by atoms with Crippen LogP contribution in [-0.2, 0) is 0 Å². The van der Waals surface area contributed by atoms with Crippen LogP contribution in [0.3, 0.4) is 0 Å². The molecule has 0 saturated carbocycles. The Bertz CT molecular complexity index is 875. The number of methoxy groups -OCH3 is 2. The first-order chi connectivity index (χ1) is 11.6. The molecule has 0 saturated heterocycles. The predicted molar refractivity (Wildman–Crippen MR) is 96.9 cm³/mol. The van der Waals surface area contributed by atoms with E-state index in [1.165, 1.54) is 14.2 Å². The van der Waals surface area contributed by atoms with Crippen LogP contribution >= 0.6 is 23.2 Å². The SMILES string of the molecule is COc1c(Cl)cc(/C=N\Nc2nc3ccccc3[nH]2)c(OC)c1Cl. The molecule has 0 aliphatic rings. The molecule has 0 amide bonds. The molecule has 24 heavy (non-hydrogen) atoms. The molecule has 3 aromatic rings. The second kappa shape index (κ2) is 6.98. The van der Waals surface area contributed by atoms with Crippen molar-refractivity contribution >= 4 is 46.4 Å². The second-order valence-electron chi connectivity index (χ2n) is 4.80. The molecule has 2 N–H and O–H groups in total. The zero-order valence-corrected chi connectivity index (χ0v) is 14.4. The van der Waals surface area contributed by atoms with Crippen LogP contribution < -0.4 is 14.9 Å². The Labute approximate surface area is 148 Å². The molecule has 0 bridgehead atoms. The minimum Gasteiger partial charge on any atom is -0.494 e. The number of aromatic amines is 1. The highest BCUT2D eigenvalue weighted by molar-refractivity contribution is 6.38. The van der Waals surface area contributed by atoms with Crippen molar-refractivity contribution in [3.8, 4) is 11.5 Å². The van der Waals surface area contributed by atoms with Crippen LogP contribution in [0.25, 0.3) is 11.0 Å². The summed E-state index contributed by atoms with van der Waals surface area (Å²) in [6, 6.07) is 9.35. The first-order valence-corrected chi connectivity index (χ1v) is 7.73. The monoisotopic (exact) mass is 364 g/mol. The predicted octanol–water partition coefficient (Wildman–Crippen LogP) is 4.33. The molecule has 3 rings (SSSR count). The van der Waals surface area contributed by atoms with Crippen LogP contribution in [0.1, 0.15) is 5.56 Å². The molecule has 8 heteroatoms. The maximum Gasteiger partial charge on any atom is 0.222 e. The average Bonchev–Trinajstić information content (AvgIpc) is 2.98. The lowest BCUT2D eigenvalue weighted by atomic mass is 10.2. The van der Waals surface area contributed by atoms with Gasteiger partial charge in [-0.2, -0.15) is 5.10 Å². The number of fused-ring (bicyclic) bond motifs is 1. The number of ether oxygens (including phenoxy) is 2. The van der Waals surface area contributed by atoms with Gasteiger partial charge in [-0.05, 0) is 18.2 Å². The molecule has 6 nitrogen and oxygen atoms in total. The highest BCUT2D eigenvalue weighted by Crippen LogP contribution is 2.41. The summed E-state index contributed by atoms with van der Waals surface area (Å²) >= 11 is 12.4. The van der Waals surface area contributed by atoms with Crippen LogP contribution in [0.2, 0.25) is 10.0 Å². The van der Waals surface area contributed by atoms with Gasteiger partial charge in [0, 0.05) is 5.56 Å². The van der Waals surface area contributed by atoms with Gasteiger partial charge in [-0.15, -0.1) is 0 Å². The van der Waals surface area contributed by atoms with E-state index in [2.05, 4.69) is 20.5 Å².